The maximum absolute atomic E-state index is 9.61. The summed E-state index contributed by atoms with van der Waals surface area (Å²) >= 11 is 0. The van der Waals surface area contributed by atoms with Crippen LogP contribution in [-0.4, -0.2) is 4.57 Å². The minimum Gasteiger partial charge on any atom is -0.355 e. The third kappa shape index (κ3) is 5.79. The van der Waals surface area contributed by atoms with E-state index in [4.69, 9.17) is 0 Å². The summed E-state index contributed by atoms with van der Waals surface area (Å²) in [6.07, 6.45) is 0. The van der Waals surface area contributed by atoms with E-state index in [1.54, 1.807) is 0 Å². The van der Waals surface area contributed by atoms with E-state index in [2.05, 4.69) is 192 Å². The second kappa shape index (κ2) is 13.3. The topological polar surface area (TPSA) is 40.8 Å². The molecule has 3 nitrogen and oxygen atoms in total. The van der Waals surface area contributed by atoms with Crippen molar-refractivity contribution in [2.75, 3.05) is 5.32 Å². The zero-order chi connectivity index (χ0) is 34.9. The molecule has 1 heterocycles. The Kier molecular flexibility index (Phi) is 7.89. The van der Waals surface area contributed by atoms with E-state index in [1.807, 2.05) is 18.2 Å². The van der Waals surface area contributed by atoms with Crippen molar-refractivity contribution in [3.8, 4) is 56.3 Å². The molecule has 244 valence electrons. The van der Waals surface area contributed by atoms with E-state index in [-0.39, 0.29) is 0 Å². The zero-order valence-electron chi connectivity index (χ0n) is 28.4. The van der Waals surface area contributed by atoms with E-state index in [0.717, 1.165) is 61.5 Å². The number of nitrogens with zero attached hydrogens (tertiary/aromatic N) is 2. The van der Waals surface area contributed by atoms with Gasteiger partial charge in [0.25, 0.3) is 0 Å². The van der Waals surface area contributed by atoms with Gasteiger partial charge in [-0.25, -0.2) is 0 Å². The Hall–Kier alpha value is -7.15. The summed E-state index contributed by atoms with van der Waals surface area (Å²) in [6.45, 7) is 0. The number of fused-ring (bicyclic) bond motifs is 3. The first kappa shape index (κ1) is 30.9. The van der Waals surface area contributed by atoms with Crippen LogP contribution in [0.1, 0.15) is 5.56 Å². The van der Waals surface area contributed by atoms with Crippen LogP contribution in [0.15, 0.2) is 194 Å². The molecule has 0 fully saturated rings. The molecule has 8 aromatic carbocycles. The number of benzene rings is 8. The van der Waals surface area contributed by atoms with E-state index < -0.39 is 0 Å². The largest absolute Gasteiger partial charge is 0.355 e. The number of nitriles is 1. The van der Waals surface area contributed by atoms with Crippen LogP contribution in [0.2, 0.25) is 0 Å². The molecule has 1 N–H and O–H groups in total. The van der Waals surface area contributed by atoms with Crippen molar-refractivity contribution >= 4 is 33.2 Å². The maximum atomic E-state index is 9.61. The van der Waals surface area contributed by atoms with Gasteiger partial charge in [0, 0.05) is 33.4 Å². The molecule has 0 aliphatic rings. The SMILES string of the molecule is N#Cc1cccc(-n2c3ccccc3c3cc(-c4ccc(Nc5cc(-c6ccccc6)cc(-c6ccccc6)c5)c(-c5ccccc5)c4)ccc32)c1. The molecule has 0 aliphatic carbocycles. The van der Waals surface area contributed by atoms with Crippen LogP contribution in [0.5, 0.6) is 0 Å². The molecule has 0 bridgehead atoms. The third-order valence-corrected chi connectivity index (χ3v) is 9.77. The monoisotopic (exact) mass is 663 g/mol. The minimum atomic E-state index is 0.644. The number of hydrogen-bond acceptors (Lipinski definition) is 2. The summed E-state index contributed by atoms with van der Waals surface area (Å²) in [4.78, 5) is 0. The highest BCUT2D eigenvalue weighted by atomic mass is 15.0. The van der Waals surface area contributed by atoms with E-state index in [9.17, 15) is 5.26 Å². The second-order valence-corrected chi connectivity index (χ2v) is 13.0. The van der Waals surface area contributed by atoms with Crippen LogP contribution in [-0.2, 0) is 0 Å². The van der Waals surface area contributed by atoms with E-state index in [0.29, 0.717) is 5.56 Å². The molecule has 3 heteroatoms. The smallest absolute Gasteiger partial charge is 0.0992 e. The fourth-order valence-electron chi connectivity index (χ4n) is 7.28. The first-order chi connectivity index (χ1) is 25.7. The average molecular weight is 664 g/mol. The Morgan fingerprint density at radius 2 is 1.00 bits per heavy atom. The predicted molar refractivity (Wildman–Crippen MR) is 217 cm³/mol. The van der Waals surface area contributed by atoms with Gasteiger partial charge >= 0.3 is 0 Å². The molecular formula is C49H33N3. The lowest BCUT2D eigenvalue weighted by atomic mass is 9.95. The highest BCUT2D eigenvalue weighted by Crippen LogP contribution is 2.39. The zero-order valence-corrected chi connectivity index (χ0v) is 28.4. The Balaban J connectivity index is 1.16. The van der Waals surface area contributed by atoms with Gasteiger partial charge in [-0.05, 0) is 106 Å². The number of nitrogens with one attached hydrogen (secondary N) is 1. The lowest BCUT2D eigenvalue weighted by molar-refractivity contribution is 1.18. The van der Waals surface area contributed by atoms with Crippen LogP contribution in [0.4, 0.5) is 11.4 Å². The first-order valence-corrected chi connectivity index (χ1v) is 17.5. The van der Waals surface area contributed by atoms with Crippen molar-refractivity contribution in [3.05, 3.63) is 200 Å². The normalized spacial score (nSPS) is 11.1. The fraction of sp³-hybridized carbons (Fsp3) is 0. The van der Waals surface area contributed by atoms with E-state index in [1.165, 1.54) is 21.9 Å². The van der Waals surface area contributed by atoms with Crippen LogP contribution >= 0.6 is 0 Å². The number of hydrogen-bond donors (Lipinski definition) is 1. The molecule has 0 spiro atoms. The number of aromatic nitrogens is 1. The summed E-state index contributed by atoms with van der Waals surface area (Å²) in [6, 6.07) is 70.5. The van der Waals surface area contributed by atoms with Crippen LogP contribution in [0, 0.1) is 11.3 Å². The van der Waals surface area contributed by atoms with Gasteiger partial charge in [0.05, 0.1) is 22.7 Å². The van der Waals surface area contributed by atoms with Gasteiger partial charge in [-0.3, -0.25) is 0 Å². The highest BCUT2D eigenvalue weighted by Gasteiger charge is 2.15. The standard InChI is InChI=1S/C49H33N3/c50-33-34-13-12-20-43(27-34)52-48-22-11-10-21-44(48)46-32-39(24-26-49(46)52)38-23-25-47(45(31-38)37-18-8-3-9-19-37)51-42-29-40(35-14-4-1-5-15-35)28-41(30-42)36-16-6-2-7-17-36/h1-32,51H. The number of rotatable bonds is 7. The summed E-state index contributed by atoms with van der Waals surface area (Å²) in [5.74, 6) is 0. The van der Waals surface area contributed by atoms with E-state index >= 15 is 0 Å². The fourth-order valence-corrected chi connectivity index (χ4v) is 7.28. The Labute approximate surface area is 303 Å². The molecule has 0 atom stereocenters. The number of para-hydroxylation sites is 1. The molecule has 9 aromatic rings. The Bertz CT molecular complexity index is 2700. The number of anilines is 2. The van der Waals surface area contributed by atoms with Crippen LogP contribution in [0.25, 0.3) is 72.0 Å². The van der Waals surface area contributed by atoms with Gasteiger partial charge in [-0.1, -0.05) is 127 Å². The molecule has 0 saturated heterocycles. The lowest BCUT2D eigenvalue weighted by Crippen LogP contribution is -1.96. The van der Waals surface area contributed by atoms with Crippen molar-refractivity contribution < 1.29 is 0 Å². The summed E-state index contributed by atoms with van der Waals surface area (Å²) in [7, 11) is 0. The molecule has 9 rings (SSSR count). The van der Waals surface area contributed by atoms with Crippen molar-refractivity contribution in [2.45, 2.75) is 0 Å². The molecule has 0 amide bonds. The summed E-state index contributed by atoms with van der Waals surface area (Å²) in [5, 5.41) is 15.8. The van der Waals surface area contributed by atoms with Crippen LogP contribution < -0.4 is 5.32 Å². The van der Waals surface area contributed by atoms with Gasteiger partial charge in [0.1, 0.15) is 0 Å². The average Bonchev–Trinajstić information content (AvgIpc) is 3.55. The maximum Gasteiger partial charge on any atom is 0.0992 e. The predicted octanol–water partition coefficient (Wildman–Crippen LogP) is 13.1. The molecule has 0 aliphatic heterocycles. The van der Waals surface area contributed by atoms with Gasteiger partial charge in [-0.15, -0.1) is 0 Å². The van der Waals surface area contributed by atoms with Gasteiger partial charge in [0.2, 0.25) is 0 Å². The third-order valence-electron chi connectivity index (χ3n) is 9.77. The molecule has 0 unspecified atom stereocenters. The van der Waals surface area contributed by atoms with Crippen LogP contribution in [0.3, 0.4) is 0 Å². The second-order valence-electron chi connectivity index (χ2n) is 13.0. The first-order valence-electron chi connectivity index (χ1n) is 17.5. The van der Waals surface area contributed by atoms with Crippen molar-refractivity contribution in [2.24, 2.45) is 0 Å². The quantitative estimate of drug-likeness (QED) is 0.184. The van der Waals surface area contributed by atoms with Crippen molar-refractivity contribution in [3.63, 3.8) is 0 Å². The summed E-state index contributed by atoms with van der Waals surface area (Å²) < 4.78 is 2.25. The van der Waals surface area contributed by atoms with Crippen molar-refractivity contribution in [1.82, 2.24) is 4.57 Å². The minimum absolute atomic E-state index is 0.644. The highest BCUT2D eigenvalue weighted by molar-refractivity contribution is 6.10. The molecule has 1 aromatic heterocycles. The Morgan fingerprint density at radius 1 is 0.404 bits per heavy atom. The van der Waals surface area contributed by atoms with Gasteiger partial charge in [-0.2, -0.15) is 5.26 Å². The Morgan fingerprint density at radius 3 is 1.69 bits per heavy atom. The van der Waals surface area contributed by atoms with Gasteiger partial charge in [0.15, 0.2) is 0 Å². The van der Waals surface area contributed by atoms with Crippen molar-refractivity contribution in [1.29, 1.82) is 5.26 Å². The molecular weight excluding hydrogens is 631 g/mol. The summed E-state index contributed by atoms with van der Waals surface area (Å²) in [5.41, 5.74) is 15.1. The molecule has 0 radical (unpaired) electrons. The lowest BCUT2D eigenvalue weighted by Gasteiger charge is -2.17. The molecule has 52 heavy (non-hydrogen) atoms. The molecule has 0 saturated carbocycles. The van der Waals surface area contributed by atoms with Gasteiger partial charge < -0.3 is 9.88 Å².